The second kappa shape index (κ2) is 8.84. The normalized spacial score (nSPS) is 16.3. The van der Waals surface area contributed by atoms with Crippen molar-refractivity contribution in [3.05, 3.63) is 59.7 Å². The van der Waals surface area contributed by atoms with E-state index in [0.717, 1.165) is 12.8 Å². The molecule has 0 unspecified atom stereocenters. The average Bonchev–Trinajstić information content (AvgIpc) is 2.72. The highest BCUT2D eigenvalue weighted by molar-refractivity contribution is 7.89. The predicted octanol–water partition coefficient (Wildman–Crippen LogP) is 1.68. The molecule has 1 aliphatic rings. The molecule has 8 nitrogen and oxygen atoms in total. The van der Waals surface area contributed by atoms with Crippen LogP contribution in [-0.2, 0) is 26.6 Å². The number of hydrogen-bond acceptors (Lipinski definition) is 5. The molecule has 1 aliphatic heterocycles. The predicted molar refractivity (Wildman–Crippen MR) is 113 cm³/mol. The van der Waals surface area contributed by atoms with Crippen molar-refractivity contribution < 1.29 is 21.6 Å². The van der Waals surface area contributed by atoms with Crippen LogP contribution < -0.4 is 10.5 Å². The van der Waals surface area contributed by atoms with Crippen molar-refractivity contribution in [2.24, 2.45) is 11.1 Å². The molecule has 1 amide bonds. The lowest BCUT2D eigenvalue weighted by molar-refractivity contribution is 0.0950. The number of sulfonamides is 2. The van der Waals surface area contributed by atoms with Gasteiger partial charge in [0.25, 0.3) is 5.91 Å². The van der Waals surface area contributed by atoms with Crippen LogP contribution in [0, 0.1) is 5.92 Å². The third-order valence-corrected chi connectivity index (χ3v) is 8.04. The molecule has 3 rings (SSSR count). The van der Waals surface area contributed by atoms with Crippen LogP contribution >= 0.6 is 0 Å². The van der Waals surface area contributed by atoms with Gasteiger partial charge in [-0.25, -0.2) is 22.0 Å². The van der Waals surface area contributed by atoms with E-state index in [0.29, 0.717) is 30.1 Å². The first-order chi connectivity index (χ1) is 14.1. The van der Waals surface area contributed by atoms with Crippen molar-refractivity contribution in [3.8, 4) is 0 Å². The molecule has 0 aromatic heterocycles. The summed E-state index contributed by atoms with van der Waals surface area (Å²) in [6.45, 7) is 3.33. The van der Waals surface area contributed by atoms with Gasteiger partial charge in [0.1, 0.15) is 0 Å². The molecule has 10 heteroatoms. The number of nitrogens with one attached hydrogen (secondary N) is 1. The molecular formula is C20H25N3O5S2. The number of rotatable bonds is 6. The smallest absolute Gasteiger partial charge is 0.251 e. The number of hydrogen-bond donors (Lipinski definition) is 2. The lowest BCUT2D eigenvalue weighted by Gasteiger charge is -2.29. The summed E-state index contributed by atoms with van der Waals surface area (Å²) in [5.41, 5.74) is 1.04. The molecule has 30 heavy (non-hydrogen) atoms. The van der Waals surface area contributed by atoms with Crippen LogP contribution in [0.1, 0.15) is 35.7 Å². The van der Waals surface area contributed by atoms with Crippen molar-refractivity contribution in [2.45, 2.75) is 36.1 Å². The van der Waals surface area contributed by atoms with E-state index in [1.165, 1.54) is 40.7 Å². The number of nitrogens with zero attached hydrogens (tertiary/aromatic N) is 1. The summed E-state index contributed by atoms with van der Waals surface area (Å²) < 4.78 is 49.6. The zero-order valence-electron chi connectivity index (χ0n) is 16.6. The fraction of sp³-hybridized carbons (Fsp3) is 0.350. The van der Waals surface area contributed by atoms with E-state index in [1.54, 1.807) is 12.1 Å². The van der Waals surface area contributed by atoms with E-state index >= 15 is 0 Å². The molecule has 1 saturated heterocycles. The molecule has 162 valence electrons. The van der Waals surface area contributed by atoms with Crippen molar-refractivity contribution in [1.29, 1.82) is 0 Å². The SMILES string of the molecule is CC1CCN(S(=O)(=O)c2ccc(C(=O)NCc3ccc(S(N)(=O)=O)cc3)cc2)CC1. The minimum atomic E-state index is -3.76. The summed E-state index contributed by atoms with van der Waals surface area (Å²) in [6, 6.07) is 11.7. The molecule has 1 fully saturated rings. The van der Waals surface area contributed by atoms with Crippen LogP contribution in [0.5, 0.6) is 0 Å². The van der Waals surface area contributed by atoms with E-state index in [9.17, 15) is 21.6 Å². The highest BCUT2D eigenvalue weighted by Gasteiger charge is 2.28. The Balaban J connectivity index is 1.62. The number of nitrogens with two attached hydrogens (primary N) is 1. The van der Waals surface area contributed by atoms with Crippen molar-refractivity contribution in [1.82, 2.24) is 9.62 Å². The second-order valence-electron chi connectivity index (χ2n) is 7.48. The summed E-state index contributed by atoms with van der Waals surface area (Å²) in [5, 5.41) is 7.78. The fourth-order valence-corrected chi connectivity index (χ4v) is 5.22. The van der Waals surface area contributed by atoms with Gasteiger partial charge in [-0.1, -0.05) is 19.1 Å². The molecule has 0 spiro atoms. The number of piperidine rings is 1. The van der Waals surface area contributed by atoms with Crippen LogP contribution in [0.4, 0.5) is 0 Å². The molecule has 1 heterocycles. The minimum Gasteiger partial charge on any atom is -0.348 e. The van der Waals surface area contributed by atoms with Gasteiger partial charge in [0, 0.05) is 25.2 Å². The number of carbonyl (C=O) groups excluding carboxylic acids is 1. The van der Waals surface area contributed by atoms with E-state index in [1.807, 2.05) is 0 Å². The van der Waals surface area contributed by atoms with Gasteiger partial charge in [0.05, 0.1) is 9.79 Å². The Labute approximate surface area is 177 Å². The van der Waals surface area contributed by atoms with Gasteiger partial charge in [-0.2, -0.15) is 4.31 Å². The van der Waals surface area contributed by atoms with Crippen LogP contribution in [0.15, 0.2) is 58.3 Å². The molecule has 0 saturated carbocycles. The molecule has 0 bridgehead atoms. The highest BCUT2D eigenvalue weighted by atomic mass is 32.2. The first-order valence-electron chi connectivity index (χ1n) is 9.57. The van der Waals surface area contributed by atoms with Crippen molar-refractivity contribution >= 4 is 26.0 Å². The van der Waals surface area contributed by atoms with Crippen LogP contribution in [-0.4, -0.2) is 40.1 Å². The van der Waals surface area contributed by atoms with Gasteiger partial charge in [0.2, 0.25) is 20.0 Å². The van der Waals surface area contributed by atoms with Crippen molar-refractivity contribution in [3.63, 3.8) is 0 Å². The summed E-state index contributed by atoms with van der Waals surface area (Å²) in [4.78, 5) is 12.5. The summed E-state index contributed by atoms with van der Waals surface area (Å²) in [7, 11) is -7.32. The Morgan fingerprint density at radius 1 is 0.967 bits per heavy atom. The Kier molecular flexibility index (Phi) is 6.61. The number of carbonyl (C=O) groups is 1. The maximum Gasteiger partial charge on any atom is 0.251 e. The molecule has 2 aromatic rings. The van der Waals surface area contributed by atoms with Crippen LogP contribution in [0.2, 0.25) is 0 Å². The lowest BCUT2D eigenvalue weighted by atomic mass is 10.0. The number of amides is 1. The second-order valence-corrected chi connectivity index (χ2v) is 11.0. The van der Waals surface area contributed by atoms with Gasteiger partial charge in [-0.05, 0) is 60.7 Å². The van der Waals surface area contributed by atoms with Crippen LogP contribution in [0.3, 0.4) is 0 Å². The average molecular weight is 452 g/mol. The van der Waals surface area contributed by atoms with Gasteiger partial charge >= 0.3 is 0 Å². The zero-order valence-corrected chi connectivity index (χ0v) is 18.2. The van der Waals surface area contributed by atoms with Gasteiger partial charge < -0.3 is 5.32 Å². The molecular weight excluding hydrogens is 426 g/mol. The van der Waals surface area contributed by atoms with E-state index in [2.05, 4.69) is 12.2 Å². The Hall–Kier alpha value is -2.27. The van der Waals surface area contributed by atoms with E-state index in [-0.39, 0.29) is 22.2 Å². The van der Waals surface area contributed by atoms with E-state index in [4.69, 9.17) is 5.14 Å². The zero-order chi connectivity index (χ0) is 21.9. The first kappa shape index (κ1) is 22.4. The van der Waals surface area contributed by atoms with Crippen molar-refractivity contribution in [2.75, 3.05) is 13.1 Å². The van der Waals surface area contributed by atoms with E-state index < -0.39 is 20.0 Å². The summed E-state index contributed by atoms with van der Waals surface area (Å²) >= 11 is 0. The topological polar surface area (TPSA) is 127 Å². The Morgan fingerprint density at radius 2 is 1.50 bits per heavy atom. The fourth-order valence-electron chi connectivity index (χ4n) is 3.23. The summed E-state index contributed by atoms with van der Waals surface area (Å²) in [6.07, 6.45) is 1.69. The maximum absolute atomic E-state index is 12.8. The molecule has 0 atom stereocenters. The number of primary sulfonamides is 1. The van der Waals surface area contributed by atoms with Crippen LogP contribution in [0.25, 0.3) is 0 Å². The number of benzene rings is 2. The third kappa shape index (κ3) is 5.25. The molecule has 3 N–H and O–H groups in total. The van der Waals surface area contributed by atoms with Gasteiger partial charge in [-0.15, -0.1) is 0 Å². The Bertz CT molecular complexity index is 1100. The maximum atomic E-state index is 12.8. The van der Waals surface area contributed by atoms with Gasteiger partial charge in [0.15, 0.2) is 0 Å². The lowest BCUT2D eigenvalue weighted by Crippen LogP contribution is -2.37. The minimum absolute atomic E-state index is 0.00228. The third-order valence-electron chi connectivity index (χ3n) is 5.20. The first-order valence-corrected chi connectivity index (χ1v) is 12.6. The standard InChI is InChI=1S/C20H25N3O5S2/c1-15-10-12-23(13-11-15)30(27,28)19-8-4-17(5-9-19)20(24)22-14-16-2-6-18(7-3-16)29(21,25)26/h2-9,15H,10-14H2,1H3,(H,22,24)(H2,21,25,26). The quantitative estimate of drug-likeness (QED) is 0.691. The Morgan fingerprint density at radius 3 is 2.03 bits per heavy atom. The molecule has 0 aliphatic carbocycles. The monoisotopic (exact) mass is 451 g/mol. The largest absolute Gasteiger partial charge is 0.348 e. The molecule has 0 radical (unpaired) electrons. The highest BCUT2D eigenvalue weighted by Crippen LogP contribution is 2.23. The van der Waals surface area contributed by atoms with Gasteiger partial charge in [-0.3, -0.25) is 4.79 Å². The summed E-state index contributed by atoms with van der Waals surface area (Å²) in [5.74, 6) is 0.166. The molecule has 2 aromatic carbocycles.